The van der Waals surface area contributed by atoms with Gasteiger partial charge in [-0.05, 0) is 30.3 Å². The standard InChI is InChI=1S/C23H18FN5O2/c1-29-8-7-19(28-29)15-9-16(11-18(24)10-15)23(31)27-20-12-17(22(25)30)13-26-21(20)14-5-3-2-4-6-14/h2-13H,1H3,(H2,25,30)(H,27,31). The number of nitrogens with one attached hydrogen (secondary N) is 1. The van der Waals surface area contributed by atoms with Crippen LogP contribution in [-0.2, 0) is 7.05 Å². The van der Waals surface area contributed by atoms with E-state index in [2.05, 4.69) is 15.4 Å². The maximum absolute atomic E-state index is 14.2. The molecule has 8 heteroatoms. The number of hydrogen-bond acceptors (Lipinski definition) is 4. The monoisotopic (exact) mass is 415 g/mol. The molecule has 31 heavy (non-hydrogen) atoms. The zero-order valence-corrected chi connectivity index (χ0v) is 16.5. The molecular formula is C23H18FN5O2. The van der Waals surface area contributed by atoms with Gasteiger partial charge in [-0.3, -0.25) is 19.3 Å². The first-order valence-corrected chi connectivity index (χ1v) is 9.38. The molecule has 0 aliphatic carbocycles. The summed E-state index contributed by atoms with van der Waals surface area (Å²) in [6.45, 7) is 0. The Balaban J connectivity index is 1.72. The number of amides is 2. The summed E-state index contributed by atoms with van der Waals surface area (Å²) in [6, 6.07) is 16.3. The molecule has 2 amide bonds. The molecule has 0 saturated carbocycles. The zero-order chi connectivity index (χ0) is 22.0. The lowest BCUT2D eigenvalue weighted by molar-refractivity contribution is 0.0996. The summed E-state index contributed by atoms with van der Waals surface area (Å²) in [7, 11) is 1.75. The lowest BCUT2D eigenvalue weighted by atomic mass is 10.1. The summed E-state index contributed by atoms with van der Waals surface area (Å²) in [5.41, 5.74) is 8.11. The van der Waals surface area contributed by atoms with Gasteiger partial charge in [-0.25, -0.2) is 4.39 Å². The van der Waals surface area contributed by atoms with Crippen molar-refractivity contribution < 1.29 is 14.0 Å². The summed E-state index contributed by atoms with van der Waals surface area (Å²) >= 11 is 0. The largest absolute Gasteiger partial charge is 0.366 e. The Morgan fingerprint density at radius 2 is 1.77 bits per heavy atom. The highest BCUT2D eigenvalue weighted by Crippen LogP contribution is 2.28. The number of pyridine rings is 1. The number of carbonyl (C=O) groups is 2. The van der Waals surface area contributed by atoms with Crippen LogP contribution in [0.4, 0.5) is 10.1 Å². The van der Waals surface area contributed by atoms with E-state index in [1.165, 1.54) is 18.3 Å². The first kappa shape index (κ1) is 20.0. The van der Waals surface area contributed by atoms with Crippen LogP contribution in [0.1, 0.15) is 20.7 Å². The Labute approximate surface area is 177 Å². The van der Waals surface area contributed by atoms with Crippen LogP contribution in [0.15, 0.2) is 73.1 Å². The van der Waals surface area contributed by atoms with Crippen molar-refractivity contribution in [1.82, 2.24) is 14.8 Å². The van der Waals surface area contributed by atoms with Gasteiger partial charge in [0.1, 0.15) is 5.82 Å². The van der Waals surface area contributed by atoms with Gasteiger partial charge in [-0.1, -0.05) is 30.3 Å². The van der Waals surface area contributed by atoms with Gasteiger partial charge in [0.05, 0.1) is 22.6 Å². The third kappa shape index (κ3) is 4.32. The topological polar surface area (TPSA) is 103 Å². The van der Waals surface area contributed by atoms with Crippen molar-refractivity contribution in [2.24, 2.45) is 12.8 Å². The second-order valence-corrected chi connectivity index (χ2v) is 6.91. The van der Waals surface area contributed by atoms with E-state index < -0.39 is 17.6 Å². The second-order valence-electron chi connectivity index (χ2n) is 6.91. The SMILES string of the molecule is Cn1ccc(-c2cc(F)cc(C(=O)Nc3cc(C(N)=O)cnc3-c3ccccc3)c2)n1. The van der Waals surface area contributed by atoms with Crippen molar-refractivity contribution in [1.29, 1.82) is 0 Å². The molecule has 0 bridgehead atoms. The number of aryl methyl sites for hydroxylation is 1. The van der Waals surface area contributed by atoms with E-state index >= 15 is 0 Å². The van der Waals surface area contributed by atoms with E-state index in [0.717, 1.165) is 11.6 Å². The number of nitrogens with two attached hydrogens (primary N) is 1. The molecule has 7 nitrogen and oxygen atoms in total. The summed E-state index contributed by atoms with van der Waals surface area (Å²) in [5, 5.41) is 6.98. The number of anilines is 1. The maximum Gasteiger partial charge on any atom is 0.255 e. The fourth-order valence-corrected chi connectivity index (χ4v) is 3.15. The average molecular weight is 415 g/mol. The van der Waals surface area contributed by atoms with Crippen LogP contribution in [0.3, 0.4) is 0 Å². The van der Waals surface area contributed by atoms with Gasteiger partial charge >= 0.3 is 0 Å². The van der Waals surface area contributed by atoms with Crippen LogP contribution in [-0.4, -0.2) is 26.6 Å². The van der Waals surface area contributed by atoms with Crippen molar-refractivity contribution in [3.8, 4) is 22.5 Å². The Morgan fingerprint density at radius 1 is 1.00 bits per heavy atom. The van der Waals surface area contributed by atoms with Gasteiger partial charge in [0.25, 0.3) is 5.91 Å². The quantitative estimate of drug-likeness (QED) is 0.519. The van der Waals surface area contributed by atoms with Crippen molar-refractivity contribution in [3.63, 3.8) is 0 Å². The van der Waals surface area contributed by atoms with Gasteiger partial charge in [0.15, 0.2) is 0 Å². The van der Waals surface area contributed by atoms with E-state index in [0.29, 0.717) is 17.0 Å². The fraction of sp³-hybridized carbons (Fsp3) is 0.0435. The molecule has 4 aromatic rings. The van der Waals surface area contributed by atoms with Crippen LogP contribution < -0.4 is 11.1 Å². The number of nitrogens with zero attached hydrogens (tertiary/aromatic N) is 3. The van der Waals surface area contributed by atoms with Gasteiger partial charge in [0, 0.05) is 36.1 Å². The molecule has 2 aromatic heterocycles. The molecule has 3 N–H and O–H groups in total. The molecule has 0 radical (unpaired) electrons. The van der Waals surface area contributed by atoms with E-state index in [9.17, 15) is 14.0 Å². The van der Waals surface area contributed by atoms with Gasteiger partial charge in [-0.2, -0.15) is 5.10 Å². The predicted molar refractivity (Wildman–Crippen MR) is 115 cm³/mol. The molecular weight excluding hydrogens is 397 g/mol. The van der Waals surface area contributed by atoms with Crippen LogP contribution in [0.2, 0.25) is 0 Å². The smallest absolute Gasteiger partial charge is 0.255 e. The van der Waals surface area contributed by atoms with Crippen molar-refractivity contribution in [2.45, 2.75) is 0 Å². The number of primary amides is 1. The Bertz CT molecular complexity index is 1280. The summed E-state index contributed by atoms with van der Waals surface area (Å²) in [4.78, 5) is 28.9. The molecule has 0 atom stereocenters. The van der Waals surface area contributed by atoms with Gasteiger partial charge < -0.3 is 11.1 Å². The molecule has 0 fully saturated rings. The summed E-state index contributed by atoms with van der Waals surface area (Å²) < 4.78 is 15.8. The molecule has 2 heterocycles. The predicted octanol–water partition coefficient (Wildman–Crippen LogP) is 3.64. The normalized spacial score (nSPS) is 10.6. The number of benzene rings is 2. The van der Waals surface area contributed by atoms with Crippen LogP contribution >= 0.6 is 0 Å². The van der Waals surface area contributed by atoms with Crippen LogP contribution in [0, 0.1) is 5.82 Å². The third-order valence-electron chi connectivity index (χ3n) is 4.64. The number of rotatable bonds is 5. The summed E-state index contributed by atoms with van der Waals surface area (Å²) in [6.07, 6.45) is 3.08. The molecule has 154 valence electrons. The van der Waals surface area contributed by atoms with Crippen LogP contribution in [0.5, 0.6) is 0 Å². The minimum Gasteiger partial charge on any atom is -0.366 e. The number of aromatic nitrogens is 3. The Kier molecular flexibility index (Phi) is 5.28. The van der Waals surface area contributed by atoms with E-state index in [4.69, 9.17) is 5.73 Å². The van der Waals surface area contributed by atoms with E-state index in [1.807, 2.05) is 30.3 Å². The second kappa shape index (κ2) is 8.19. The lowest BCUT2D eigenvalue weighted by Crippen LogP contribution is -2.16. The first-order chi connectivity index (χ1) is 14.9. The molecule has 0 unspecified atom stereocenters. The Hall–Kier alpha value is -4.33. The fourth-order valence-electron chi connectivity index (χ4n) is 3.15. The maximum atomic E-state index is 14.2. The number of halogens is 1. The number of hydrogen-bond donors (Lipinski definition) is 2. The van der Waals surface area contributed by atoms with Gasteiger partial charge in [0.2, 0.25) is 5.91 Å². The zero-order valence-electron chi connectivity index (χ0n) is 16.5. The molecule has 4 rings (SSSR count). The van der Waals surface area contributed by atoms with E-state index in [-0.39, 0.29) is 16.8 Å². The van der Waals surface area contributed by atoms with Crippen molar-refractivity contribution in [2.75, 3.05) is 5.32 Å². The third-order valence-corrected chi connectivity index (χ3v) is 4.64. The minimum absolute atomic E-state index is 0.101. The van der Waals surface area contributed by atoms with Crippen molar-refractivity contribution in [3.05, 3.63) is 90.0 Å². The molecule has 0 saturated heterocycles. The number of carbonyl (C=O) groups excluding carboxylic acids is 2. The molecule has 2 aromatic carbocycles. The average Bonchev–Trinajstić information content (AvgIpc) is 3.20. The van der Waals surface area contributed by atoms with Crippen molar-refractivity contribution >= 4 is 17.5 Å². The van der Waals surface area contributed by atoms with Crippen LogP contribution in [0.25, 0.3) is 22.5 Å². The highest BCUT2D eigenvalue weighted by Gasteiger charge is 2.16. The summed E-state index contributed by atoms with van der Waals surface area (Å²) in [5.74, 6) is -1.80. The molecule has 0 aliphatic rings. The Morgan fingerprint density at radius 3 is 2.45 bits per heavy atom. The van der Waals surface area contributed by atoms with E-state index in [1.54, 1.807) is 30.1 Å². The highest BCUT2D eigenvalue weighted by molar-refractivity contribution is 6.07. The molecule has 0 spiro atoms. The lowest BCUT2D eigenvalue weighted by Gasteiger charge is -2.12. The highest BCUT2D eigenvalue weighted by atomic mass is 19.1. The van der Waals surface area contributed by atoms with Gasteiger partial charge in [-0.15, -0.1) is 0 Å². The minimum atomic E-state index is -0.675. The molecule has 0 aliphatic heterocycles. The first-order valence-electron chi connectivity index (χ1n) is 9.38.